The Labute approximate surface area is 101 Å². The maximum Gasteiger partial charge on any atom is 0.393 e. The Morgan fingerprint density at radius 1 is 1.00 bits per heavy atom. The molecule has 3 heteroatoms. The van der Waals surface area contributed by atoms with Crippen LogP contribution in [0.15, 0.2) is 18.2 Å². The van der Waals surface area contributed by atoms with Crippen LogP contribution in [0.4, 0.5) is 13.2 Å². The fraction of sp³-hybridized carbons (Fsp3) is 0.571. The van der Waals surface area contributed by atoms with Crippen LogP contribution in [0.5, 0.6) is 0 Å². The van der Waals surface area contributed by atoms with E-state index in [4.69, 9.17) is 0 Å². The van der Waals surface area contributed by atoms with Crippen LogP contribution < -0.4 is 0 Å². The van der Waals surface area contributed by atoms with Crippen LogP contribution >= 0.6 is 0 Å². The Hall–Kier alpha value is -0.990. The van der Waals surface area contributed by atoms with E-state index in [1.807, 2.05) is 39.8 Å². The molecule has 0 unspecified atom stereocenters. The number of halogens is 3. The van der Waals surface area contributed by atoms with Crippen LogP contribution in [0.2, 0.25) is 0 Å². The summed E-state index contributed by atoms with van der Waals surface area (Å²) in [5.74, 6) is 0.372. The molecule has 0 aliphatic heterocycles. The second-order valence-electron chi connectivity index (χ2n) is 5.06. The summed E-state index contributed by atoms with van der Waals surface area (Å²) in [5, 5.41) is 0. The van der Waals surface area contributed by atoms with E-state index in [1.54, 1.807) is 6.07 Å². The summed E-state index contributed by atoms with van der Waals surface area (Å²) >= 11 is 0. The summed E-state index contributed by atoms with van der Waals surface area (Å²) in [6.07, 6.45) is -4.97. The zero-order chi connectivity index (χ0) is 13.2. The Balaban J connectivity index is 3.16. The molecule has 0 saturated heterocycles. The Morgan fingerprint density at radius 3 is 2.00 bits per heavy atom. The molecule has 0 amide bonds. The molecule has 1 aromatic rings. The predicted molar refractivity (Wildman–Crippen MR) is 64.4 cm³/mol. The molecule has 0 atom stereocenters. The van der Waals surface area contributed by atoms with Crippen molar-refractivity contribution < 1.29 is 13.2 Å². The van der Waals surface area contributed by atoms with E-state index < -0.39 is 12.6 Å². The molecule has 17 heavy (non-hydrogen) atoms. The highest BCUT2D eigenvalue weighted by Gasteiger charge is 2.29. The van der Waals surface area contributed by atoms with Crippen LogP contribution in [-0.2, 0) is 6.42 Å². The molecule has 0 aliphatic rings. The molecule has 0 spiro atoms. The van der Waals surface area contributed by atoms with Gasteiger partial charge in [-0.3, -0.25) is 0 Å². The van der Waals surface area contributed by atoms with Gasteiger partial charge in [-0.2, -0.15) is 13.2 Å². The lowest BCUT2D eigenvalue weighted by Crippen LogP contribution is -2.14. The number of alkyl halides is 3. The third-order valence-electron chi connectivity index (χ3n) is 2.85. The van der Waals surface area contributed by atoms with Crippen LogP contribution in [0.1, 0.15) is 56.2 Å². The van der Waals surface area contributed by atoms with E-state index in [2.05, 4.69) is 0 Å². The molecular weight excluding hydrogens is 225 g/mol. The largest absolute Gasteiger partial charge is 0.393 e. The highest BCUT2D eigenvalue weighted by Crippen LogP contribution is 2.29. The lowest BCUT2D eigenvalue weighted by atomic mass is 9.90. The minimum Gasteiger partial charge on any atom is -0.171 e. The summed E-state index contributed by atoms with van der Waals surface area (Å²) in [7, 11) is 0. The van der Waals surface area contributed by atoms with Gasteiger partial charge in [0.25, 0.3) is 0 Å². The fourth-order valence-electron chi connectivity index (χ4n) is 1.92. The Kier molecular flexibility index (Phi) is 4.23. The van der Waals surface area contributed by atoms with Crippen LogP contribution in [0.25, 0.3) is 0 Å². The van der Waals surface area contributed by atoms with Gasteiger partial charge in [0.05, 0.1) is 6.42 Å². The van der Waals surface area contributed by atoms with Gasteiger partial charge in [-0.15, -0.1) is 0 Å². The average Bonchev–Trinajstić information content (AvgIpc) is 2.14. The maximum atomic E-state index is 12.5. The average molecular weight is 244 g/mol. The molecule has 0 nitrogen and oxygen atoms in total. The summed E-state index contributed by atoms with van der Waals surface area (Å²) in [6.45, 7) is 7.82. The van der Waals surface area contributed by atoms with E-state index in [0.717, 1.165) is 11.1 Å². The van der Waals surface area contributed by atoms with Crippen molar-refractivity contribution in [3.05, 3.63) is 34.9 Å². The Morgan fingerprint density at radius 2 is 1.59 bits per heavy atom. The fourth-order valence-corrected chi connectivity index (χ4v) is 1.92. The van der Waals surface area contributed by atoms with E-state index in [9.17, 15) is 13.2 Å². The van der Waals surface area contributed by atoms with Gasteiger partial charge < -0.3 is 0 Å². The third-order valence-corrected chi connectivity index (χ3v) is 2.85. The van der Waals surface area contributed by atoms with E-state index >= 15 is 0 Å². The van der Waals surface area contributed by atoms with Crippen LogP contribution in [0.3, 0.4) is 0 Å². The maximum absolute atomic E-state index is 12.5. The molecule has 0 radical (unpaired) electrons. The lowest BCUT2D eigenvalue weighted by molar-refractivity contribution is -0.127. The molecule has 1 aromatic carbocycles. The first-order valence-electron chi connectivity index (χ1n) is 5.90. The monoisotopic (exact) mass is 244 g/mol. The standard InChI is InChI=1S/C14H19F3/c1-9(2)11-5-6-13(10(3)4)12(7-11)8-14(15,16)17/h5-7,9-10H,8H2,1-4H3. The van der Waals surface area contributed by atoms with Crippen LogP contribution in [-0.4, -0.2) is 6.18 Å². The van der Waals surface area contributed by atoms with Gasteiger partial charge in [0.15, 0.2) is 0 Å². The van der Waals surface area contributed by atoms with Crippen molar-refractivity contribution in [1.29, 1.82) is 0 Å². The molecule has 0 fully saturated rings. The van der Waals surface area contributed by atoms with Gasteiger partial charge in [-0.1, -0.05) is 45.9 Å². The predicted octanol–water partition coefficient (Wildman–Crippen LogP) is 5.04. The van der Waals surface area contributed by atoms with Crippen molar-refractivity contribution in [1.82, 2.24) is 0 Å². The van der Waals surface area contributed by atoms with E-state index in [-0.39, 0.29) is 11.8 Å². The minimum absolute atomic E-state index is 0.119. The van der Waals surface area contributed by atoms with Crippen molar-refractivity contribution in [2.24, 2.45) is 0 Å². The first kappa shape index (κ1) is 14.1. The van der Waals surface area contributed by atoms with Gasteiger partial charge in [0.2, 0.25) is 0 Å². The van der Waals surface area contributed by atoms with Gasteiger partial charge in [-0.25, -0.2) is 0 Å². The van der Waals surface area contributed by atoms with Gasteiger partial charge in [0.1, 0.15) is 0 Å². The van der Waals surface area contributed by atoms with Crippen molar-refractivity contribution >= 4 is 0 Å². The lowest BCUT2D eigenvalue weighted by Gasteiger charge is -2.17. The van der Waals surface area contributed by atoms with Crippen molar-refractivity contribution in [2.75, 3.05) is 0 Å². The topological polar surface area (TPSA) is 0 Å². The van der Waals surface area contributed by atoms with Crippen molar-refractivity contribution in [3.63, 3.8) is 0 Å². The number of hydrogen-bond acceptors (Lipinski definition) is 0. The molecule has 0 aromatic heterocycles. The summed E-state index contributed by atoms with van der Waals surface area (Å²) in [6, 6.07) is 5.47. The molecular formula is C14H19F3. The molecule has 96 valence electrons. The zero-order valence-electron chi connectivity index (χ0n) is 10.7. The van der Waals surface area contributed by atoms with E-state index in [0.29, 0.717) is 5.56 Å². The highest BCUT2D eigenvalue weighted by atomic mass is 19.4. The smallest absolute Gasteiger partial charge is 0.171 e. The molecule has 0 bridgehead atoms. The van der Waals surface area contributed by atoms with E-state index in [1.165, 1.54) is 0 Å². The minimum atomic E-state index is -4.14. The summed E-state index contributed by atoms with van der Waals surface area (Å²) < 4.78 is 37.6. The van der Waals surface area contributed by atoms with Gasteiger partial charge in [0, 0.05) is 0 Å². The van der Waals surface area contributed by atoms with Crippen molar-refractivity contribution in [3.8, 4) is 0 Å². The van der Waals surface area contributed by atoms with Gasteiger partial charge in [-0.05, 0) is 28.5 Å². The second-order valence-corrected chi connectivity index (χ2v) is 5.06. The number of hydrogen-bond donors (Lipinski definition) is 0. The van der Waals surface area contributed by atoms with Crippen molar-refractivity contribution in [2.45, 2.75) is 52.1 Å². The molecule has 0 N–H and O–H groups in total. The molecule has 0 saturated carbocycles. The SMILES string of the molecule is CC(C)c1ccc(C(C)C)c(CC(F)(F)F)c1. The zero-order valence-corrected chi connectivity index (χ0v) is 10.7. The van der Waals surface area contributed by atoms with Crippen LogP contribution in [0, 0.1) is 0 Å². The Bertz CT molecular complexity index is 376. The highest BCUT2D eigenvalue weighted by molar-refractivity contribution is 5.36. The molecule has 0 heterocycles. The second kappa shape index (κ2) is 5.11. The quantitative estimate of drug-likeness (QED) is 0.699. The normalized spacial score (nSPS) is 12.5. The molecule has 0 aliphatic carbocycles. The van der Waals surface area contributed by atoms with Gasteiger partial charge >= 0.3 is 6.18 Å². The molecule has 1 rings (SSSR count). The first-order chi connectivity index (χ1) is 7.70. The third kappa shape index (κ3) is 4.06. The number of rotatable bonds is 3. The number of benzene rings is 1. The summed E-state index contributed by atoms with van der Waals surface area (Å²) in [4.78, 5) is 0. The first-order valence-corrected chi connectivity index (χ1v) is 5.90. The summed E-state index contributed by atoms with van der Waals surface area (Å²) in [5.41, 5.74) is 2.18.